The number of hydrogen-bond donors (Lipinski definition) is 1. The van der Waals surface area contributed by atoms with Gasteiger partial charge in [0, 0.05) is 31.9 Å². The third-order valence-corrected chi connectivity index (χ3v) is 3.69. The van der Waals surface area contributed by atoms with Crippen LogP contribution in [0.5, 0.6) is 0 Å². The molecular weight excluding hydrogens is 284 g/mol. The minimum absolute atomic E-state index is 0.0150. The molecule has 23 heavy (non-hydrogen) atoms. The van der Waals surface area contributed by atoms with Crippen molar-refractivity contribution >= 4 is 17.7 Å². The normalized spacial score (nSPS) is 11.2. The molecule has 0 radical (unpaired) electrons. The fourth-order valence-electron chi connectivity index (χ4n) is 2.29. The highest BCUT2D eigenvalue weighted by molar-refractivity contribution is 5.97. The molecule has 2 aromatic carbocycles. The molecule has 0 saturated carbocycles. The Morgan fingerprint density at radius 2 is 1.70 bits per heavy atom. The van der Waals surface area contributed by atoms with Crippen LogP contribution in [0.1, 0.15) is 18.1 Å². The molecule has 1 N–H and O–H groups in total. The molecule has 0 heterocycles. The molecule has 0 aliphatic heterocycles. The maximum absolute atomic E-state index is 12.1. The maximum Gasteiger partial charge on any atom is 0.246 e. The van der Waals surface area contributed by atoms with E-state index in [1.807, 2.05) is 57.4 Å². The lowest BCUT2D eigenvalue weighted by Gasteiger charge is -2.12. The lowest BCUT2D eigenvalue weighted by molar-refractivity contribution is -0.117. The first-order valence-electron chi connectivity index (χ1n) is 7.84. The summed E-state index contributed by atoms with van der Waals surface area (Å²) in [6.45, 7) is 2.48. The van der Waals surface area contributed by atoms with Gasteiger partial charge in [-0.05, 0) is 42.7 Å². The maximum atomic E-state index is 12.1. The van der Waals surface area contributed by atoms with E-state index >= 15 is 0 Å². The van der Waals surface area contributed by atoms with E-state index in [2.05, 4.69) is 34.5 Å². The summed E-state index contributed by atoms with van der Waals surface area (Å²) >= 11 is 0. The third kappa shape index (κ3) is 5.29. The number of hydrogen-bond acceptors (Lipinski definition) is 2. The Morgan fingerprint density at radius 3 is 2.30 bits per heavy atom. The standard InChI is InChI=1S/C20H24N2O/c1-16(15-18-7-5-4-6-8-18)20(23)21-14-13-17-9-11-19(12-10-17)22(2)3/h4-12,15H,13-14H2,1-3H3,(H,21,23)/b16-15+. The average Bonchev–Trinajstić information content (AvgIpc) is 2.56. The number of anilines is 1. The van der Waals surface area contributed by atoms with E-state index in [-0.39, 0.29) is 5.91 Å². The van der Waals surface area contributed by atoms with Gasteiger partial charge in [0.2, 0.25) is 5.91 Å². The second-order valence-corrected chi connectivity index (χ2v) is 5.80. The Kier molecular flexibility index (Phi) is 5.98. The van der Waals surface area contributed by atoms with E-state index in [0.29, 0.717) is 6.54 Å². The highest BCUT2D eigenvalue weighted by Gasteiger charge is 2.04. The summed E-state index contributed by atoms with van der Waals surface area (Å²) in [7, 11) is 4.05. The summed E-state index contributed by atoms with van der Waals surface area (Å²) in [6, 6.07) is 18.3. The molecule has 0 aliphatic carbocycles. The van der Waals surface area contributed by atoms with Crippen LogP contribution < -0.4 is 10.2 Å². The first kappa shape index (κ1) is 16.8. The number of nitrogens with one attached hydrogen (secondary N) is 1. The average molecular weight is 308 g/mol. The van der Waals surface area contributed by atoms with Gasteiger partial charge in [0.25, 0.3) is 0 Å². The molecule has 1 amide bonds. The summed E-state index contributed by atoms with van der Waals surface area (Å²) in [5.74, 6) is -0.0150. The molecule has 0 aromatic heterocycles. The third-order valence-electron chi connectivity index (χ3n) is 3.69. The Labute approximate surface area is 138 Å². The van der Waals surface area contributed by atoms with Crippen LogP contribution in [0.3, 0.4) is 0 Å². The molecule has 0 atom stereocenters. The van der Waals surface area contributed by atoms with Gasteiger partial charge in [-0.2, -0.15) is 0 Å². The van der Waals surface area contributed by atoms with Crippen molar-refractivity contribution in [1.82, 2.24) is 5.32 Å². The molecule has 0 fully saturated rings. The van der Waals surface area contributed by atoms with Gasteiger partial charge in [-0.3, -0.25) is 4.79 Å². The first-order valence-corrected chi connectivity index (χ1v) is 7.84. The molecule has 0 bridgehead atoms. The second kappa shape index (κ2) is 8.18. The van der Waals surface area contributed by atoms with Gasteiger partial charge in [-0.25, -0.2) is 0 Å². The highest BCUT2D eigenvalue weighted by Crippen LogP contribution is 2.12. The van der Waals surface area contributed by atoms with E-state index in [0.717, 1.165) is 17.6 Å². The lowest BCUT2D eigenvalue weighted by atomic mass is 10.1. The first-order chi connectivity index (χ1) is 11.1. The molecule has 0 spiro atoms. The van der Waals surface area contributed by atoms with E-state index in [4.69, 9.17) is 0 Å². The van der Waals surface area contributed by atoms with E-state index < -0.39 is 0 Å². The number of nitrogens with zero attached hydrogens (tertiary/aromatic N) is 1. The fraction of sp³-hybridized carbons (Fsp3) is 0.250. The Bertz CT molecular complexity index is 658. The zero-order valence-corrected chi connectivity index (χ0v) is 14.0. The van der Waals surface area contributed by atoms with Crippen molar-refractivity contribution in [2.75, 3.05) is 25.5 Å². The fourth-order valence-corrected chi connectivity index (χ4v) is 2.29. The Balaban J connectivity index is 1.83. The van der Waals surface area contributed by atoms with Gasteiger partial charge in [0.1, 0.15) is 0 Å². The van der Waals surface area contributed by atoms with Crippen LogP contribution in [0.2, 0.25) is 0 Å². The zero-order valence-electron chi connectivity index (χ0n) is 14.0. The van der Waals surface area contributed by atoms with Gasteiger partial charge in [-0.15, -0.1) is 0 Å². The van der Waals surface area contributed by atoms with Crippen molar-refractivity contribution in [2.24, 2.45) is 0 Å². The van der Waals surface area contributed by atoms with Crippen molar-refractivity contribution in [1.29, 1.82) is 0 Å². The van der Waals surface area contributed by atoms with Crippen LogP contribution in [0.15, 0.2) is 60.2 Å². The minimum atomic E-state index is -0.0150. The summed E-state index contributed by atoms with van der Waals surface area (Å²) in [5.41, 5.74) is 4.17. The number of carbonyl (C=O) groups is 1. The molecule has 0 saturated heterocycles. The summed E-state index contributed by atoms with van der Waals surface area (Å²) in [5, 5.41) is 2.97. The highest BCUT2D eigenvalue weighted by atomic mass is 16.1. The Hall–Kier alpha value is -2.55. The van der Waals surface area contributed by atoms with Crippen molar-refractivity contribution in [3.05, 3.63) is 71.3 Å². The van der Waals surface area contributed by atoms with Gasteiger partial charge in [0.15, 0.2) is 0 Å². The SMILES string of the molecule is C/C(=C\c1ccccc1)C(=O)NCCc1ccc(N(C)C)cc1. The van der Waals surface area contributed by atoms with Gasteiger partial charge < -0.3 is 10.2 Å². The van der Waals surface area contributed by atoms with Crippen LogP contribution in [-0.2, 0) is 11.2 Å². The van der Waals surface area contributed by atoms with Crippen molar-refractivity contribution < 1.29 is 4.79 Å². The minimum Gasteiger partial charge on any atom is -0.378 e. The topological polar surface area (TPSA) is 32.3 Å². The smallest absolute Gasteiger partial charge is 0.246 e. The van der Waals surface area contributed by atoms with E-state index in [1.54, 1.807) is 0 Å². The second-order valence-electron chi connectivity index (χ2n) is 5.80. The Morgan fingerprint density at radius 1 is 1.04 bits per heavy atom. The number of amides is 1. The van der Waals surface area contributed by atoms with Crippen LogP contribution in [0.25, 0.3) is 6.08 Å². The molecule has 0 aliphatic rings. The predicted octanol–water partition coefficient (Wildman–Crippen LogP) is 3.51. The molecule has 2 aromatic rings. The van der Waals surface area contributed by atoms with Crippen LogP contribution in [0.4, 0.5) is 5.69 Å². The molecule has 120 valence electrons. The number of benzene rings is 2. The van der Waals surface area contributed by atoms with Crippen molar-refractivity contribution in [3.63, 3.8) is 0 Å². The summed E-state index contributed by atoms with van der Waals surface area (Å²) in [4.78, 5) is 14.2. The molecule has 2 rings (SSSR count). The van der Waals surface area contributed by atoms with Gasteiger partial charge in [-0.1, -0.05) is 42.5 Å². The quantitative estimate of drug-likeness (QED) is 0.828. The largest absolute Gasteiger partial charge is 0.378 e. The lowest BCUT2D eigenvalue weighted by Crippen LogP contribution is -2.26. The van der Waals surface area contributed by atoms with Crippen LogP contribution in [0, 0.1) is 0 Å². The summed E-state index contributed by atoms with van der Waals surface area (Å²) in [6.07, 6.45) is 2.74. The molecule has 3 heteroatoms. The summed E-state index contributed by atoms with van der Waals surface area (Å²) < 4.78 is 0. The van der Waals surface area contributed by atoms with Gasteiger partial charge >= 0.3 is 0 Å². The monoisotopic (exact) mass is 308 g/mol. The predicted molar refractivity (Wildman–Crippen MR) is 97.6 cm³/mol. The molecule has 0 unspecified atom stereocenters. The molecular formula is C20H24N2O. The van der Waals surface area contributed by atoms with Crippen molar-refractivity contribution in [2.45, 2.75) is 13.3 Å². The molecule has 3 nitrogen and oxygen atoms in total. The van der Waals surface area contributed by atoms with Crippen LogP contribution in [-0.4, -0.2) is 26.5 Å². The number of rotatable bonds is 6. The van der Waals surface area contributed by atoms with E-state index in [9.17, 15) is 4.79 Å². The zero-order chi connectivity index (χ0) is 16.7. The number of carbonyl (C=O) groups excluding carboxylic acids is 1. The van der Waals surface area contributed by atoms with Gasteiger partial charge in [0.05, 0.1) is 0 Å². The van der Waals surface area contributed by atoms with Crippen LogP contribution >= 0.6 is 0 Å². The van der Waals surface area contributed by atoms with E-state index in [1.165, 1.54) is 11.3 Å². The van der Waals surface area contributed by atoms with Crippen molar-refractivity contribution in [3.8, 4) is 0 Å².